The summed E-state index contributed by atoms with van der Waals surface area (Å²) >= 11 is 0. The molecule has 2 nitrogen and oxygen atoms in total. The molecule has 0 unspecified atom stereocenters. The highest BCUT2D eigenvalue weighted by molar-refractivity contribution is 5.42. The molecule has 19 heavy (non-hydrogen) atoms. The van der Waals surface area contributed by atoms with Crippen LogP contribution in [0, 0.1) is 5.92 Å². The van der Waals surface area contributed by atoms with Crippen molar-refractivity contribution in [3.05, 3.63) is 23.8 Å². The van der Waals surface area contributed by atoms with E-state index < -0.39 is 11.7 Å². The van der Waals surface area contributed by atoms with Crippen molar-refractivity contribution in [1.82, 2.24) is 0 Å². The number of halogens is 3. The van der Waals surface area contributed by atoms with Gasteiger partial charge in [-0.05, 0) is 37.0 Å². The first-order valence-corrected chi connectivity index (χ1v) is 6.50. The highest BCUT2D eigenvalue weighted by Gasteiger charge is 2.31. The van der Waals surface area contributed by atoms with Crippen LogP contribution in [0.2, 0.25) is 0 Å². The Hall–Kier alpha value is -1.39. The third kappa shape index (κ3) is 3.78. The van der Waals surface area contributed by atoms with Gasteiger partial charge in [-0.3, -0.25) is 0 Å². The smallest absolute Gasteiger partial charge is 0.416 e. The van der Waals surface area contributed by atoms with Gasteiger partial charge in [-0.25, -0.2) is 0 Å². The van der Waals surface area contributed by atoms with Crippen LogP contribution in [0.4, 0.5) is 13.2 Å². The minimum absolute atomic E-state index is 0.0830. The standard InChI is InChI=1S/C14H17F3O2/c15-14(16,17)11-6-7-12(18)13(8-11)19-9-10-4-2-1-3-5-10/h6-8,10,18H,1-5,9H2. The zero-order chi connectivity index (χ0) is 13.9. The second-order valence-corrected chi connectivity index (χ2v) is 5.00. The lowest BCUT2D eigenvalue weighted by molar-refractivity contribution is -0.137. The molecule has 0 radical (unpaired) electrons. The lowest BCUT2D eigenvalue weighted by Gasteiger charge is -2.22. The normalized spacial score (nSPS) is 17.4. The second-order valence-electron chi connectivity index (χ2n) is 5.00. The Balaban J connectivity index is 2.02. The lowest BCUT2D eigenvalue weighted by Crippen LogP contribution is -2.15. The summed E-state index contributed by atoms with van der Waals surface area (Å²) < 4.78 is 43.0. The number of hydrogen-bond donors (Lipinski definition) is 1. The van der Waals surface area contributed by atoms with Crippen molar-refractivity contribution in [2.24, 2.45) is 5.92 Å². The van der Waals surface area contributed by atoms with Gasteiger partial charge in [-0.15, -0.1) is 0 Å². The fraction of sp³-hybridized carbons (Fsp3) is 0.571. The molecule has 0 amide bonds. The van der Waals surface area contributed by atoms with Crippen molar-refractivity contribution in [3.63, 3.8) is 0 Å². The summed E-state index contributed by atoms with van der Waals surface area (Å²) in [7, 11) is 0. The van der Waals surface area contributed by atoms with Crippen LogP contribution in [0.1, 0.15) is 37.7 Å². The van der Waals surface area contributed by atoms with Gasteiger partial charge in [0, 0.05) is 0 Å². The first kappa shape index (κ1) is 14.0. The monoisotopic (exact) mass is 274 g/mol. The molecular formula is C14H17F3O2. The number of alkyl halides is 3. The van der Waals surface area contributed by atoms with Crippen LogP contribution in [0.25, 0.3) is 0 Å². The predicted octanol–water partition coefficient (Wildman–Crippen LogP) is 4.37. The summed E-state index contributed by atoms with van der Waals surface area (Å²) in [5.74, 6) is 0.0481. The van der Waals surface area contributed by atoms with Crippen LogP contribution < -0.4 is 4.74 Å². The summed E-state index contributed by atoms with van der Waals surface area (Å²) in [6.45, 7) is 0.370. The van der Waals surface area contributed by atoms with Gasteiger partial charge in [-0.2, -0.15) is 13.2 Å². The average molecular weight is 274 g/mol. The van der Waals surface area contributed by atoms with E-state index in [0.29, 0.717) is 12.5 Å². The summed E-state index contributed by atoms with van der Waals surface area (Å²) in [5.41, 5.74) is -0.802. The Morgan fingerprint density at radius 2 is 1.84 bits per heavy atom. The first-order valence-electron chi connectivity index (χ1n) is 6.50. The van der Waals surface area contributed by atoms with Crippen molar-refractivity contribution in [3.8, 4) is 11.5 Å². The number of rotatable bonds is 3. The van der Waals surface area contributed by atoms with Crippen molar-refractivity contribution >= 4 is 0 Å². The van der Waals surface area contributed by atoms with E-state index in [9.17, 15) is 18.3 Å². The molecule has 1 saturated carbocycles. The number of aromatic hydroxyl groups is 1. The van der Waals surface area contributed by atoms with Gasteiger partial charge in [0.1, 0.15) is 0 Å². The minimum atomic E-state index is -4.42. The lowest BCUT2D eigenvalue weighted by atomic mass is 9.90. The van der Waals surface area contributed by atoms with Crippen LogP contribution in [0.3, 0.4) is 0 Å². The molecule has 0 aliphatic heterocycles. The van der Waals surface area contributed by atoms with Gasteiger partial charge in [0.25, 0.3) is 0 Å². The number of ether oxygens (including phenoxy) is 1. The van der Waals surface area contributed by atoms with Gasteiger partial charge in [0.05, 0.1) is 12.2 Å². The average Bonchev–Trinajstić information content (AvgIpc) is 2.37. The van der Waals surface area contributed by atoms with Gasteiger partial charge in [-0.1, -0.05) is 19.3 Å². The van der Waals surface area contributed by atoms with E-state index in [1.54, 1.807) is 0 Å². The number of phenolic OH excluding ortho intramolecular Hbond substituents is 1. The van der Waals surface area contributed by atoms with Crippen molar-refractivity contribution in [2.75, 3.05) is 6.61 Å². The quantitative estimate of drug-likeness (QED) is 0.886. The maximum Gasteiger partial charge on any atom is 0.416 e. The molecule has 5 heteroatoms. The largest absolute Gasteiger partial charge is 0.504 e. The van der Waals surface area contributed by atoms with Gasteiger partial charge in [0.15, 0.2) is 11.5 Å². The van der Waals surface area contributed by atoms with Gasteiger partial charge >= 0.3 is 6.18 Å². The summed E-state index contributed by atoms with van der Waals surface area (Å²) in [4.78, 5) is 0. The highest BCUT2D eigenvalue weighted by atomic mass is 19.4. The molecule has 0 saturated heterocycles. The Morgan fingerprint density at radius 1 is 1.16 bits per heavy atom. The van der Waals surface area contributed by atoms with E-state index in [1.807, 2.05) is 0 Å². The molecule has 0 bridgehead atoms. The van der Waals surface area contributed by atoms with E-state index in [0.717, 1.165) is 43.9 Å². The van der Waals surface area contributed by atoms with Gasteiger partial charge < -0.3 is 9.84 Å². The molecule has 106 valence electrons. The molecule has 0 heterocycles. The van der Waals surface area contributed by atoms with Crippen molar-refractivity contribution in [1.29, 1.82) is 0 Å². The second kappa shape index (κ2) is 5.72. The number of phenols is 1. The topological polar surface area (TPSA) is 29.5 Å². The number of benzene rings is 1. The van der Waals surface area contributed by atoms with Crippen molar-refractivity contribution < 1.29 is 23.0 Å². The molecule has 1 aromatic carbocycles. The van der Waals surface area contributed by atoms with Gasteiger partial charge in [0.2, 0.25) is 0 Å². The fourth-order valence-electron chi connectivity index (χ4n) is 2.37. The maximum atomic E-state index is 12.6. The van der Waals surface area contributed by atoms with E-state index in [1.165, 1.54) is 6.42 Å². The first-order chi connectivity index (χ1) is 8.97. The molecule has 1 N–H and O–H groups in total. The zero-order valence-electron chi connectivity index (χ0n) is 10.5. The minimum Gasteiger partial charge on any atom is -0.504 e. The molecule has 1 fully saturated rings. The molecular weight excluding hydrogens is 257 g/mol. The fourth-order valence-corrected chi connectivity index (χ4v) is 2.37. The molecule has 0 spiro atoms. The third-order valence-corrected chi connectivity index (χ3v) is 3.49. The maximum absolute atomic E-state index is 12.6. The Bertz CT molecular complexity index is 423. The third-order valence-electron chi connectivity index (χ3n) is 3.49. The van der Waals surface area contributed by atoms with E-state index >= 15 is 0 Å². The van der Waals surface area contributed by atoms with Crippen LogP contribution >= 0.6 is 0 Å². The van der Waals surface area contributed by atoms with E-state index in [4.69, 9.17) is 4.74 Å². The molecule has 1 aromatic rings. The van der Waals surface area contributed by atoms with Crippen LogP contribution in [-0.4, -0.2) is 11.7 Å². The van der Waals surface area contributed by atoms with E-state index in [2.05, 4.69) is 0 Å². The summed E-state index contributed by atoms with van der Waals surface area (Å²) in [6.07, 6.45) is 1.16. The summed E-state index contributed by atoms with van der Waals surface area (Å²) in [6, 6.07) is 2.74. The SMILES string of the molecule is Oc1ccc(C(F)(F)F)cc1OCC1CCCCC1. The molecule has 1 aliphatic rings. The van der Waals surface area contributed by atoms with Crippen LogP contribution in [-0.2, 0) is 6.18 Å². The summed E-state index contributed by atoms with van der Waals surface area (Å²) in [5, 5.41) is 9.54. The zero-order valence-corrected chi connectivity index (χ0v) is 10.5. The Kier molecular flexibility index (Phi) is 4.22. The Morgan fingerprint density at radius 3 is 2.47 bits per heavy atom. The molecule has 1 aliphatic carbocycles. The molecule has 0 atom stereocenters. The van der Waals surface area contributed by atoms with E-state index in [-0.39, 0.29) is 11.5 Å². The van der Waals surface area contributed by atoms with Crippen LogP contribution in [0.5, 0.6) is 11.5 Å². The molecule has 0 aromatic heterocycles. The predicted molar refractivity (Wildman–Crippen MR) is 65.2 cm³/mol. The number of hydrogen-bond acceptors (Lipinski definition) is 2. The highest BCUT2D eigenvalue weighted by Crippen LogP contribution is 2.36. The molecule has 2 rings (SSSR count). The van der Waals surface area contributed by atoms with Crippen molar-refractivity contribution in [2.45, 2.75) is 38.3 Å². The van der Waals surface area contributed by atoms with Crippen LogP contribution in [0.15, 0.2) is 18.2 Å². The Labute approximate surface area is 110 Å².